The summed E-state index contributed by atoms with van der Waals surface area (Å²) < 4.78 is 0. The summed E-state index contributed by atoms with van der Waals surface area (Å²) in [6.07, 6.45) is 3.42. The normalized spacial score (nSPS) is 28.3. The lowest BCUT2D eigenvalue weighted by atomic mass is 10.3. The predicted octanol–water partition coefficient (Wildman–Crippen LogP) is 0.285. The van der Waals surface area contributed by atoms with Crippen LogP contribution in [0.2, 0.25) is 0 Å². The molecule has 4 nitrogen and oxygen atoms in total. The van der Waals surface area contributed by atoms with Crippen molar-refractivity contribution in [2.75, 3.05) is 13.1 Å². The minimum atomic E-state index is -0.0662. The zero-order valence-electron chi connectivity index (χ0n) is 9.08. The van der Waals surface area contributed by atoms with E-state index >= 15 is 0 Å². The van der Waals surface area contributed by atoms with Crippen molar-refractivity contribution in [3.8, 4) is 0 Å². The Morgan fingerprint density at radius 3 is 2.47 bits per heavy atom. The van der Waals surface area contributed by atoms with Gasteiger partial charge in [-0.15, -0.1) is 0 Å². The Kier molecular flexibility index (Phi) is 2.93. The lowest BCUT2D eigenvalue weighted by Crippen LogP contribution is -2.38. The first-order valence-corrected chi connectivity index (χ1v) is 5.71. The Morgan fingerprint density at radius 1 is 1.27 bits per heavy atom. The lowest BCUT2D eigenvalue weighted by molar-refractivity contribution is -0.127. The summed E-state index contributed by atoms with van der Waals surface area (Å²) in [7, 11) is 0. The Morgan fingerprint density at radius 2 is 1.93 bits per heavy atom. The molecule has 2 rings (SSSR count). The van der Waals surface area contributed by atoms with Crippen LogP contribution in [0, 0.1) is 17.8 Å². The molecule has 2 amide bonds. The Labute approximate surface area is 89.8 Å². The highest BCUT2D eigenvalue weighted by Crippen LogP contribution is 2.37. The first kappa shape index (κ1) is 10.5. The molecule has 84 valence electrons. The number of carbonyl (C=O) groups is 2. The second-order valence-corrected chi connectivity index (χ2v) is 4.78. The molecule has 0 aliphatic heterocycles. The number of nitrogens with one attached hydrogen (secondary N) is 2. The van der Waals surface area contributed by atoms with Crippen molar-refractivity contribution in [2.24, 2.45) is 17.8 Å². The van der Waals surface area contributed by atoms with Gasteiger partial charge in [0.25, 0.3) is 0 Å². The highest BCUT2D eigenvalue weighted by molar-refractivity contribution is 5.87. The fraction of sp³-hybridized carbons (Fsp3) is 0.818. The molecule has 0 radical (unpaired) electrons. The van der Waals surface area contributed by atoms with Crippen molar-refractivity contribution >= 4 is 11.8 Å². The van der Waals surface area contributed by atoms with E-state index in [-0.39, 0.29) is 24.3 Å². The van der Waals surface area contributed by atoms with Crippen molar-refractivity contribution in [2.45, 2.75) is 26.2 Å². The fourth-order valence-corrected chi connectivity index (χ4v) is 1.63. The first-order chi connectivity index (χ1) is 7.16. The van der Waals surface area contributed by atoms with Gasteiger partial charge in [-0.1, -0.05) is 6.92 Å². The molecule has 0 heterocycles. The van der Waals surface area contributed by atoms with E-state index in [1.54, 1.807) is 0 Å². The highest BCUT2D eigenvalue weighted by Gasteiger charge is 2.38. The largest absolute Gasteiger partial charge is 0.354 e. The number of rotatable bonds is 5. The number of hydrogen-bond donors (Lipinski definition) is 2. The van der Waals surface area contributed by atoms with Gasteiger partial charge in [-0.3, -0.25) is 9.59 Å². The van der Waals surface area contributed by atoms with E-state index in [1.165, 1.54) is 12.8 Å². The van der Waals surface area contributed by atoms with Gasteiger partial charge in [0.2, 0.25) is 11.8 Å². The summed E-state index contributed by atoms with van der Waals surface area (Å²) in [6.45, 7) is 2.96. The number of carbonyl (C=O) groups excluding carboxylic acids is 2. The summed E-state index contributed by atoms with van der Waals surface area (Å²) in [5.74, 6) is 1.31. The second kappa shape index (κ2) is 4.21. The average molecular weight is 210 g/mol. The Hall–Kier alpha value is -1.06. The molecular formula is C11H18N2O2. The van der Waals surface area contributed by atoms with E-state index in [0.717, 1.165) is 13.0 Å². The van der Waals surface area contributed by atoms with Crippen molar-refractivity contribution in [1.82, 2.24) is 10.6 Å². The molecule has 0 spiro atoms. The van der Waals surface area contributed by atoms with Gasteiger partial charge in [0, 0.05) is 12.5 Å². The van der Waals surface area contributed by atoms with Gasteiger partial charge in [0.15, 0.2) is 0 Å². The van der Waals surface area contributed by atoms with Crippen molar-refractivity contribution in [1.29, 1.82) is 0 Å². The Balaban J connectivity index is 1.55. The van der Waals surface area contributed by atoms with Crippen LogP contribution in [-0.4, -0.2) is 24.9 Å². The zero-order chi connectivity index (χ0) is 10.8. The van der Waals surface area contributed by atoms with Gasteiger partial charge in [0.05, 0.1) is 6.54 Å². The molecule has 2 N–H and O–H groups in total. The highest BCUT2D eigenvalue weighted by atomic mass is 16.2. The van der Waals surface area contributed by atoms with Crippen LogP contribution in [0.3, 0.4) is 0 Å². The van der Waals surface area contributed by atoms with E-state index in [4.69, 9.17) is 0 Å². The molecule has 0 aromatic heterocycles. The topological polar surface area (TPSA) is 58.2 Å². The van der Waals surface area contributed by atoms with Crippen LogP contribution in [0.5, 0.6) is 0 Å². The van der Waals surface area contributed by atoms with E-state index in [2.05, 4.69) is 17.6 Å². The van der Waals surface area contributed by atoms with Crippen molar-refractivity contribution in [3.05, 3.63) is 0 Å². The monoisotopic (exact) mass is 210 g/mol. The summed E-state index contributed by atoms with van der Waals surface area (Å²) in [4.78, 5) is 22.7. The fourth-order valence-electron chi connectivity index (χ4n) is 1.63. The summed E-state index contributed by atoms with van der Waals surface area (Å²) >= 11 is 0. The maximum absolute atomic E-state index is 11.4. The molecule has 0 aromatic rings. The van der Waals surface area contributed by atoms with E-state index in [9.17, 15) is 9.59 Å². The minimum Gasteiger partial charge on any atom is -0.354 e. The third-order valence-corrected chi connectivity index (χ3v) is 3.15. The molecule has 2 fully saturated rings. The number of hydrogen-bond acceptors (Lipinski definition) is 2. The molecule has 0 unspecified atom stereocenters. The minimum absolute atomic E-state index is 0.0315. The maximum atomic E-state index is 11.4. The van der Waals surface area contributed by atoms with Crippen LogP contribution >= 0.6 is 0 Å². The average Bonchev–Trinajstić information content (AvgIpc) is 3.07. The van der Waals surface area contributed by atoms with Crippen LogP contribution in [0.15, 0.2) is 0 Å². The SMILES string of the molecule is C[C@@H]1C[C@@H]1C(=O)NCC(=O)NCC1CC1. The second-order valence-electron chi connectivity index (χ2n) is 4.78. The van der Waals surface area contributed by atoms with Gasteiger partial charge in [-0.2, -0.15) is 0 Å². The van der Waals surface area contributed by atoms with Gasteiger partial charge < -0.3 is 10.6 Å². The van der Waals surface area contributed by atoms with Crippen LogP contribution in [0.1, 0.15) is 26.2 Å². The third-order valence-electron chi connectivity index (χ3n) is 3.15. The lowest BCUT2D eigenvalue weighted by Gasteiger charge is -2.05. The van der Waals surface area contributed by atoms with E-state index in [1.807, 2.05) is 0 Å². The molecule has 15 heavy (non-hydrogen) atoms. The Bertz CT molecular complexity index is 274. The van der Waals surface area contributed by atoms with Crippen molar-refractivity contribution < 1.29 is 9.59 Å². The molecule has 4 heteroatoms. The van der Waals surface area contributed by atoms with Gasteiger partial charge >= 0.3 is 0 Å². The van der Waals surface area contributed by atoms with Crippen LogP contribution in [0.25, 0.3) is 0 Å². The van der Waals surface area contributed by atoms with Gasteiger partial charge in [0.1, 0.15) is 0 Å². The molecule has 2 aliphatic carbocycles. The van der Waals surface area contributed by atoms with Crippen LogP contribution in [-0.2, 0) is 9.59 Å². The first-order valence-electron chi connectivity index (χ1n) is 5.71. The van der Waals surface area contributed by atoms with Crippen LogP contribution < -0.4 is 10.6 Å². The molecule has 0 bridgehead atoms. The molecule has 0 aromatic carbocycles. The zero-order valence-corrected chi connectivity index (χ0v) is 9.08. The summed E-state index contributed by atoms with van der Waals surface area (Å²) in [6, 6.07) is 0. The van der Waals surface area contributed by atoms with Crippen LogP contribution in [0.4, 0.5) is 0 Å². The van der Waals surface area contributed by atoms with Crippen molar-refractivity contribution in [3.63, 3.8) is 0 Å². The molecule has 2 aliphatic rings. The van der Waals surface area contributed by atoms with E-state index in [0.29, 0.717) is 11.8 Å². The standard InChI is InChI=1S/C11H18N2O2/c1-7-4-9(7)11(15)13-6-10(14)12-5-8-2-3-8/h7-9H,2-6H2,1H3,(H,12,14)(H,13,15)/t7-,9+/m1/s1. The van der Waals surface area contributed by atoms with Gasteiger partial charge in [-0.25, -0.2) is 0 Å². The summed E-state index contributed by atoms with van der Waals surface area (Å²) in [5.41, 5.74) is 0. The molecule has 0 saturated heterocycles. The summed E-state index contributed by atoms with van der Waals surface area (Å²) in [5, 5.41) is 5.48. The predicted molar refractivity (Wildman–Crippen MR) is 56.0 cm³/mol. The van der Waals surface area contributed by atoms with Gasteiger partial charge in [-0.05, 0) is 31.1 Å². The van der Waals surface area contributed by atoms with E-state index < -0.39 is 0 Å². The third kappa shape index (κ3) is 3.22. The smallest absolute Gasteiger partial charge is 0.239 e. The maximum Gasteiger partial charge on any atom is 0.239 e. The molecule has 2 saturated carbocycles. The number of amides is 2. The molecule has 2 atom stereocenters. The molecular weight excluding hydrogens is 192 g/mol. The quantitative estimate of drug-likeness (QED) is 0.685.